The average Bonchev–Trinajstić information content (AvgIpc) is 2.90. The smallest absolute Gasteiger partial charge is 0.303 e. The van der Waals surface area contributed by atoms with Crippen LogP contribution < -0.4 is 4.74 Å². The van der Waals surface area contributed by atoms with Crippen molar-refractivity contribution in [3.05, 3.63) is 70.4 Å². The molecule has 0 bridgehead atoms. The molecule has 1 N–H and O–H groups in total. The number of carboxylic acids is 1. The summed E-state index contributed by atoms with van der Waals surface area (Å²) in [5.74, 6) is 3.59. The maximum absolute atomic E-state index is 15.7. The first-order chi connectivity index (χ1) is 18.2. The number of hydrogen-bond donors (Lipinski definition) is 1. The number of pyridine rings is 1. The number of benzene rings is 2. The molecule has 1 fully saturated rings. The van der Waals surface area contributed by atoms with E-state index < -0.39 is 29.2 Å². The van der Waals surface area contributed by atoms with Crippen LogP contribution in [0, 0.1) is 28.9 Å². The number of piperidine rings is 1. The zero-order valence-corrected chi connectivity index (χ0v) is 21.7. The highest BCUT2D eigenvalue weighted by Crippen LogP contribution is 2.44. The number of alkyl halides is 1. The maximum atomic E-state index is 15.7. The van der Waals surface area contributed by atoms with Gasteiger partial charge in [0, 0.05) is 22.7 Å². The Hall–Kier alpha value is -3.28. The lowest BCUT2D eigenvalue weighted by Gasteiger charge is -2.41. The molecule has 0 radical (unpaired) electrons. The predicted molar refractivity (Wildman–Crippen MR) is 140 cm³/mol. The Morgan fingerprint density at radius 3 is 2.66 bits per heavy atom. The molecule has 1 saturated heterocycles. The van der Waals surface area contributed by atoms with Gasteiger partial charge in [-0.15, -0.1) is 0 Å². The summed E-state index contributed by atoms with van der Waals surface area (Å²) in [5.41, 5.74) is 0.777. The number of likely N-dealkylation sites (tertiary alicyclic amines) is 1. The normalized spacial score (nSPS) is 16.0. The van der Waals surface area contributed by atoms with Crippen LogP contribution in [0.2, 0.25) is 5.02 Å². The summed E-state index contributed by atoms with van der Waals surface area (Å²) in [6.07, 6.45) is 1.66. The fourth-order valence-electron chi connectivity index (χ4n) is 5.04. The zero-order chi connectivity index (χ0) is 27.3. The molecule has 0 spiro atoms. The lowest BCUT2D eigenvalue weighted by molar-refractivity contribution is -0.141. The van der Waals surface area contributed by atoms with Crippen LogP contribution in [0.4, 0.5) is 13.2 Å². The molecule has 0 amide bonds. The van der Waals surface area contributed by atoms with Gasteiger partial charge in [-0.05, 0) is 80.6 Å². The second-order valence-corrected chi connectivity index (χ2v) is 10.1. The molecule has 1 aliphatic rings. The summed E-state index contributed by atoms with van der Waals surface area (Å²) in [5, 5.41) is 10.4. The van der Waals surface area contributed by atoms with Crippen LogP contribution in [0.3, 0.4) is 0 Å². The van der Waals surface area contributed by atoms with Gasteiger partial charge in [-0.3, -0.25) is 14.7 Å². The highest BCUT2D eigenvalue weighted by Gasteiger charge is 2.37. The van der Waals surface area contributed by atoms with E-state index in [0.29, 0.717) is 66.7 Å². The summed E-state index contributed by atoms with van der Waals surface area (Å²) in [6.45, 7) is 1.62. The number of hydrogen-bond acceptors (Lipinski definition) is 4. The number of rotatable bonds is 8. The molecule has 3 aromatic rings. The van der Waals surface area contributed by atoms with Gasteiger partial charge in [-0.2, -0.15) is 0 Å². The fourth-order valence-corrected chi connectivity index (χ4v) is 5.31. The van der Waals surface area contributed by atoms with E-state index in [1.807, 2.05) is 0 Å². The lowest BCUT2D eigenvalue weighted by Crippen LogP contribution is -2.41. The molecule has 0 unspecified atom stereocenters. The minimum atomic E-state index is -1.40. The molecule has 1 atom stereocenters. The molecule has 200 valence electrons. The number of nitrogens with zero attached hydrogens (tertiary/aromatic N) is 2. The summed E-state index contributed by atoms with van der Waals surface area (Å²) >= 11 is 6.37. The Morgan fingerprint density at radius 1 is 1.21 bits per heavy atom. The van der Waals surface area contributed by atoms with Crippen molar-refractivity contribution >= 4 is 28.5 Å². The van der Waals surface area contributed by atoms with Crippen molar-refractivity contribution in [1.82, 2.24) is 9.88 Å². The highest BCUT2D eigenvalue weighted by atomic mass is 35.5. The van der Waals surface area contributed by atoms with E-state index >= 15 is 4.39 Å². The van der Waals surface area contributed by atoms with Crippen LogP contribution in [0.25, 0.3) is 10.9 Å². The number of carbonyl (C=O) groups is 1. The Morgan fingerprint density at radius 2 is 1.97 bits per heavy atom. The average molecular weight is 545 g/mol. The number of halogens is 4. The van der Waals surface area contributed by atoms with E-state index in [-0.39, 0.29) is 17.9 Å². The number of aliphatic carboxylic acids is 1. The monoisotopic (exact) mass is 544 g/mol. The van der Waals surface area contributed by atoms with Gasteiger partial charge in [0.25, 0.3) is 0 Å². The first kappa shape index (κ1) is 27.7. The third-order valence-electron chi connectivity index (χ3n) is 7.21. The van der Waals surface area contributed by atoms with Gasteiger partial charge >= 0.3 is 5.97 Å². The fraction of sp³-hybridized carbons (Fsp3) is 0.379. The van der Waals surface area contributed by atoms with Crippen molar-refractivity contribution in [2.24, 2.45) is 5.41 Å². The zero-order valence-electron chi connectivity index (χ0n) is 20.9. The van der Waals surface area contributed by atoms with E-state index in [9.17, 15) is 18.7 Å². The number of aromatic nitrogens is 1. The molecule has 38 heavy (non-hydrogen) atoms. The topological polar surface area (TPSA) is 62.7 Å². The predicted octanol–water partition coefficient (Wildman–Crippen LogP) is 6.57. The van der Waals surface area contributed by atoms with Gasteiger partial charge < -0.3 is 9.84 Å². The first-order valence-electron chi connectivity index (χ1n) is 12.3. The van der Waals surface area contributed by atoms with Crippen LogP contribution in [0.1, 0.15) is 49.4 Å². The SMILES string of the molecule is COc1ccc2ncc(Cl)c([C@H](F)CCC3(CC(=O)O)CCN(CC#Cc4ccc(F)c(F)c4)CC3)c2c1. The van der Waals surface area contributed by atoms with E-state index in [2.05, 4.69) is 21.7 Å². The van der Waals surface area contributed by atoms with Gasteiger partial charge in [0.15, 0.2) is 11.6 Å². The Kier molecular flexibility index (Phi) is 8.80. The van der Waals surface area contributed by atoms with Crippen molar-refractivity contribution in [3.63, 3.8) is 0 Å². The van der Waals surface area contributed by atoms with Crippen LogP contribution in [0.5, 0.6) is 5.75 Å². The molecule has 2 aromatic carbocycles. The third kappa shape index (κ3) is 6.58. The van der Waals surface area contributed by atoms with Gasteiger partial charge in [-0.25, -0.2) is 13.2 Å². The Bertz CT molecular complexity index is 1380. The van der Waals surface area contributed by atoms with Gasteiger partial charge in [-0.1, -0.05) is 23.4 Å². The van der Waals surface area contributed by atoms with Gasteiger partial charge in [0.05, 0.1) is 30.6 Å². The van der Waals surface area contributed by atoms with Crippen LogP contribution >= 0.6 is 11.6 Å². The van der Waals surface area contributed by atoms with E-state index in [0.717, 1.165) is 12.1 Å². The quantitative estimate of drug-likeness (QED) is 0.325. The van der Waals surface area contributed by atoms with Crippen molar-refractivity contribution in [1.29, 1.82) is 0 Å². The molecular formula is C29H28ClF3N2O3. The highest BCUT2D eigenvalue weighted by molar-refractivity contribution is 6.32. The lowest BCUT2D eigenvalue weighted by atomic mass is 9.71. The number of fused-ring (bicyclic) bond motifs is 1. The summed E-state index contributed by atoms with van der Waals surface area (Å²) in [6, 6.07) is 8.72. The second kappa shape index (κ2) is 12.1. The van der Waals surface area contributed by atoms with E-state index in [1.165, 1.54) is 19.4 Å². The molecule has 5 nitrogen and oxygen atoms in total. The standard InChI is InChI=1S/C29H28ClF3N2O3/c1-38-20-5-7-26-21(16-20)28(22(30)18-34-26)24(32)8-9-29(17-27(36)37)10-13-35(14-11-29)12-2-3-19-4-6-23(31)25(33)15-19/h4-7,15-16,18,24H,8-14,17H2,1H3,(H,36,37)/t24-/m1/s1. The second-order valence-electron chi connectivity index (χ2n) is 9.69. The number of methoxy groups -OCH3 is 1. The van der Waals surface area contributed by atoms with Crippen molar-refractivity contribution < 1.29 is 27.8 Å². The maximum Gasteiger partial charge on any atom is 0.303 e. The van der Waals surface area contributed by atoms with Crippen LogP contribution in [-0.2, 0) is 4.79 Å². The van der Waals surface area contributed by atoms with Crippen LogP contribution in [0.15, 0.2) is 42.6 Å². The molecular weight excluding hydrogens is 517 g/mol. The van der Waals surface area contributed by atoms with Crippen LogP contribution in [-0.4, -0.2) is 47.7 Å². The summed E-state index contributed by atoms with van der Waals surface area (Å²) in [7, 11) is 1.53. The summed E-state index contributed by atoms with van der Waals surface area (Å²) < 4.78 is 47.5. The van der Waals surface area contributed by atoms with Gasteiger partial charge in [0.1, 0.15) is 11.9 Å². The largest absolute Gasteiger partial charge is 0.497 e. The number of carboxylic acid groups (broad SMARTS) is 1. The van der Waals surface area contributed by atoms with Crippen molar-refractivity contribution in [2.45, 2.75) is 38.3 Å². The Balaban J connectivity index is 1.42. The molecule has 1 aromatic heterocycles. The minimum absolute atomic E-state index is 0.0489. The van der Waals surface area contributed by atoms with E-state index in [4.69, 9.17) is 16.3 Å². The molecule has 2 heterocycles. The molecule has 1 aliphatic heterocycles. The Labute approximate surface area is 224 Å². The number of ether oxygens (including phenoxy) is 1. The molecule has 0 aliphatic carbocycles. The molecule has 9 heteroatoms. The van der Waals surface area contributed by atoms with Gasteiger partial charge in [0.2, 0.25) is 0 Å². The summed E-state index contributed by atoms with van der Waals surface area (Å²) in [4.78, 5) is 18.1. The van der Waals surface area contributed by atoms with Crippen molar-refractivity contribution in [2.75, 3.05) is 26.7 Å². The van der Waals surface area contributed by atoms with E-state index in [1.54, 1.807) is 18.2 Å². The molecule has 0 saturated carbocycles. The van der Waals surface area contributed by atoms with Crippen molar-refractivity contribution in [3.8, 4) is 17.6 Å². The minimum Gasteiger partial charge on any atom is -0.497 e. The molecule has 4 rings (SSSR count). The third-order valence-corrected chi connectivity index (χ3v) is 7.51. The first-order valence-corrected chi connectivity index (χ1v) is 12.7.